The Kier molecular flexibility index (Phi) is 3.67. The maximum atomic E-state index is 10.2. The Morgan fingerprint density at radius 1 is 1.31 bits per heavy atom. The molecule has 3 heteroatoms. The zero-order chi connectivity index (χ0) is 10.7. The molecule has 0 aromatic carbocycles. The largest absolute Gasteiger partial charge is 0.478 e. The van der Waals surface area contributed by atoms with Gasteiger partial charge < -0.3 is 10.2 Å². The quantitative estimate of drug-likeness (QED) is 0.661. The SMILES string of the molecule is CC(C)(C)C(C)(O)CC=CC(=O)O. The average Bonchev–Trinajstić information content (AvgIpc) is 1.82. The zero-order valence-corrected chi connectivity index (χ0v) is 8.66. The minimum atomic E-state index is -0.982. The lowest BCUT2D eigenvalue weighted by Crippen LogP contribution is -2.39. The maximum absolute atomic E-state index is 10.2. The van der Waals surface area contributed by atoms with E-state index in [1.807, 2.05) is 20.8 Å². The third-order valence-corrected chi connectivity index (χ3v) is 2.39. The summed E-state index contributed by atoms with van der Waals surface area (Å²) in [6.45, 7) is 7.46. The molecule has 0 aromatic rings. The first-order valence-corrected chi connectivity index (χ1v) is 4.29. The lowest BCUT2D eigenvalue weighted by Gasteiger charge is -2.36. The highest BCUT2D eigenvalue weighted by Crippen LogP contribution is 2.32. The number of aliphatic carboxylic acids is 1. The molecule has 3 nitrogen and oxygen atoms in total. The Morgan fingerprint density at radius 2 is 1.77 bits per heavy atom. The summed E-state index contributed by atoms with van der Waals surface area (Å²) < 4.78 is 0. The third kappa shape index (κ3) is 4.08. The van der Waals surface area contributed by atoms with E-state index in [4.69, 9.17) is 5.11 Å². The van der Waals surface area contributed by atoms with Crippen LogP contribution in [0.5, 0.6) is 0 Å². The van der Waals surface area contributed by atoms with Crippen LogP contribution in [0.4, 0.5) is 0 Å². The van der Waals surface area contributed by atoms with Gasteiger partial charge in [0.05, 0.1) is 5.60 Å². The molecule has 0 bridgehead atoms. The minimum absolute atomic E-state index is 0.254. The topological polar surface area (TPSA) is 57.5 Å². The van der Waals surface area contributed by atoms with Gasteiger partial charge in [-0.2, -0.15) is 0 Å². The Hall–Kier alpha value is -0.830. The van der Waals surface area contributed by atoms with Crippen LogP contribution >= 0.6 is 0 Å². The molecule has 0 amide bonds. The second-order valence-corrected chi connectivity index (χ2v) is 4.47. The van der Waals surface area contributed by atoms with Crippen molar-refractivity contribution in [3.63, 3.8) is 0 Å². The highest BCUT2D eigenvalue weighted by atomic mass is 16.4. The van der Waals surface area contributed by atoms with Gasteiger partial charge in [0.1, 0.15) is 0 Å². The molecule has 1 unspecified atom stereocenters. The molecule has 0 radical (unpaired) electrons. The van der Waals surface area contributed by atoms with E-state index in [1.165, 1.54) is 6.08 Å². The monoisotopic (exact) mass is 186 g/mol. The van der Waals surface area contributed by atoms with Crippen molar-refractivity contribution in [3.8, 4) is 0 Å². The molecule has 1 atom stereocenters. The number of hydrogen-bond acceptors (Lipinski definition) is 2. The summed E-state index contributed by atoms with van der Waals surface area (Å²) in [6, 6.07) is 0. The second kappa shape index (κ2) is 3.92. The van der Waals surface area contributed by atoms with Crippen LogP contribution in [0.3, 0.4) is 0 Å². The van der Waals surface area contributed by atoms with Crippen LogP contribution in [0, 0.1) is 5.41 Å². The van der Waals surface area contributed by atoms with Gasteiger partial charge in [-0.15, -0.1) is 0 Å². The Labute approximate surface area is 79.1 Å². The van der Waals surface area contributed by atoms with Gasteiger partial charge in [0, 0.05) is 6.08 Å². The predicted octanol–water partition coefficient (Wildman–Crippen LogP) is 1.81. The molecule has 0 rings (SSSR count). The Bertz CT molecular complexity index is 209. The van der Waals surface area contributed by atoms with Crippen molar-refractivity contribution < 1.29 is 15.0 Å². The summed E-state index contributed by atoms with van der Waals surface area (Å²) in [4.78, 5) is 10.2. The van der Waals surface area contributed by atoms with Crippen LogP contribution in [-0.2, 0) is 4.79 Å². The fourth-order valence-corrected chi connectivity index (χ4v) is 0.695. The van der Waals surface area contributed by atoms with E-state index in [0.717, 1.165) is 6.08 Å². The number of carboxylic acid groups (broad SMARTS) is 1. The summed E-state index contributed by atoms with van der Waals surface area (Å²) in [7, 11) is 0. The van der Waals surface area contributed by atoms with E-state index >= 15 is 0 Å². The van der Waals surface area contributed by atoms with Crippen LogP contribution < -0.4 is 0 Å². The van der Waals surface area contributed by atoms with Crippen LogP contribution in [0.1, 0.15) is 34.1 Å². The minimum Gasteiger partial charge on any atom is -0.478 e. The molecule has 0 aromatic heterocycles. The first-order chi connectivity index (χ1) is 5.67. The molecule has 76 valence electrons. The van der Waals surface area contributed by atoms with Gasteiger partial charge in [-0.1, -0.05) is 26.8 Å². The van der Waals surface area contributed by atoms with E-state index in [0.29, 0.717) is 6.42 Å². The lowest BCUT2D eigenvalue weighted by atomic mass is 9.76. The van der Waals surface area contributed by atoms with Gasteiger partial charge >= 0.3 is 5.97 Å². The van der Waals surface area contributed by atoms with Gasteiger partial charge in [0.15, 0.2) is 0 Å². The summed E-state index contributed by atoms with van der Waals surface area (Å²) in [5.41, 5.74) is -1.13. The molecule has 0 fully saturated rings. The van der Waals surface area contributed by atoms with Crippen LogP contribution in [0.25, 0.3) is 0 Å². The average molecular weight is 186 g/mol. The first-order valence-electron chi connectivity index (χ1n) is 4.29. The number of hydrogen-bond donors (Lipinski definition) is 2. The Balaban J connectivity index is 4.27. The molecule has 0 aliphatic heterocycles. The summed E-state index contributed by atoms with van der Waals surface area (Å²) in [6.07, 6.45) is 2.89. The molecule has 2 N–H and O–H groups in total. The van der Waals surface area contributed by atoms with E-state index in [-0.39, 0.29) is 5.41 Å². The van der Waals surface area contributed by atoms with Gasteiger partial charge in [-0.05, 0) is 18.8 Å². The standard InChI is InChI=1S/C10H18O3/c1-9(2,3)10(4,13)7-5-6-8(11)12/h5-6,13H,7H2,1-4H3,(H,11,12). The molecule has 0 heterocycles. The van der Waals surface area contributed by atoms with Gasteiger partial charge in [0.25, 0.3) is 0 Å². The molecule has 0 saturated carbocycles. The third-order valence-electron chi connectivity index (χ3n) is 2.39. The predicted molar refractivity (Wildman–Crippen MR) is 51.5 cm³/mol. The number of carbonyl (C=O) groups is 1. The number of rotatable bonds is 3. The second-order valence-electron chi connectivity index (χ2n) is 4.47. The fraction of sp³-hybridized carbons (Fsp3) is 0.700. The van der Waals surface area contributed by atoms with Crippen molar-refractivity contribution >= 4 is 5.97 Å². The van der Waals surface area contributed by atoms with Crippen LogP contribution in [0.2, 0.25) is 0 Å². The Morgan fingerprint density at radius 3 is 2.08 bits per heavy atom. The highest BCUT2D eigenvalue weighted by molar-refractivity contribution is 5.79. The van der Waals surface area contributed by atoms with Crippen molar-refractivity contribution in [1.82, 2.24) is 0 Å². The summed E-state index contributed by atoms with van der Waals surface area (Å²) >= 11 is 0. The highest BCUT2D eigenvalue weighted by Gasteiger charge is 2.33. The van der Waals surface area contributed by atoms with Gasteiger partial charge in [-0.25, -0.2) is 4.79 Å². The zero-order valence-electron chi connectivity index (χ0n) is 8.66. The van der Waals surface area contributed by atoms with Crippen molar-refractivity contribution in [2.24, 2.45) is 5.41 Å². The molecule has 0 aliphatic rings. The van der Waals surface area contributed by atoms with E-state index in [1.54, 1.807) is 6.92 Å². The van der Waals surface area contributed by atoms with E-state index in [9.17, 15) is 9.90 Å². The lowest BCUT2D eigenvalue weighted by molar-refractivity contribution is -0.131. The van der Waals surface area contributed by atoms with Gasteiger partial charge in [-0.3, -0.25) is 0 Å². The van der Waals surface area contributed by atoms with Crippen molar-refractivity contribution in [3.05, 3.63) is 12.2 Å². The molecule has 0 saturated heterocycles. The molecule has 0 aliphatic carbocycles. The molecular formula is C10H18O3. The van der Waals surface area contributed by atoms with Crippen molar-refractivity contribution in [2.75, 3.05) is 0 Å². The van der Waals surface area contributed by atoms with Crippen molar-refractivity contribution in [2.45, 2.75) is 39.7 Å². The first kappa shape index (κ1) is 12.2. The molecular weight excluding hydrogens is 168 g/mol. The molecule has 0 spiro atoms. The number of carboxylic acids is 1. The van der Waals surface area contributed by atoms with Crippen LogP contribution in [0.15, 0.2) is 12.2 Å². The smallest absolute Gasteiger partial charge is 0.327 e. The number of aliphatic hydroxyl groups is 1. The summed E-state index contributed by atoms with van der Waals surface area (Å²) in [5, 5.41) is 18.3. The molecule has 13 heavy (non-hydrogen) atoms. The fourth-order valence-electron chi connectivity index (χ4n) is 0.695. The normalized spacial score (nSPS) is 17.3. The van der Waals surface area contributed by atoms with Crippen LogP contribution in [-0.4, -0.2) is 21.8 Å². The summed E-state index contributed by atoms with van der Waals surface area (Å²) in [5.74, 6) is -0.982. The van der Waals surface area contributed by atoms with E-state index < -0.39 is 11.6 Å². The van der Waals surface area contributed by atoms with Gasteiger partial charge in [0.2, 0.25) is 0 Å². The van der Waals surface area contributed by atoms with Crippen molar-refractivity contribution in [1.29, 1.82) is 0 Å². The maximum Gasteiger partial charge on any atom is 0.327 e. The van der Waals surface area contributed by atoms with E-state index in [2.05, 4.69) is 0 Å².